The van der Waals surface area contributed by atoms with Gasteiger partial charge in [-0.3, -0.25) is 14.6 Å². The molecule has 0 bridgehead atoms. The van der Waals surface area contributed by atoms with E-state index < -0.39 is 0 Å². The summed E-state index contributed by atoms with van der Waals surface area (Å²) in [5.41, 5.74) is 1.59. The van der Waals surface area contributed by atoms with Gasteiger partial charge in [0.1, 0.15) is 23.7 Å². The van der Waals surface area contributed by atoms with Crippen LogP contribution in [0, 0.1) is 0 Å². The summed E-state index contributed by atoms with van der Waals surface area (Å²) in [5.74, 6) is 1.56. The van der Waals surface area contributed by atoms with Crippen LogP contribution in [0.2, 0.25) is 0 Å². The van der Waals surface area contributed by atoms with Crippen molar-refractivity contribution in [3.63, 3.8) is 0 Å². The van der Waals surface area contributed by atoms with Crippen molar-refractivity contribution < 1.29 is 23.8 Å². The summed E-state index contributed by atoms with van der Waals surface area (Å²) < 4.78 is 16.9. The molecular formula is C25H31N3O5. The average Bonchev–Trinajstić information content (AvgIpc) is 3.21. The number of piperidine rings is 1. The highest BCUT2D eigenvalue weighted by Crippen LogP contribution is 2.26. The number of carbonyl (C=O) groups is 2. The van der Waals surface area contributed by atoms with Gasteiger partial charge in [0.05, 0.1) is 13.7 Å². The Balaban J connectivity index is 1.22. The van der Waals surface area contributed by atoms with Gasteiger partial charge in [0, 0.05) is 37.4 Å². The molecule has 2 heterocycles. The topological polar surface area (TPSA) is 80.3 Å². The number of carbonyl (C=O) groups excluding carboxylic acids is 2. The number of nitrogens with zero attached hydrogens (tertiary/aromatic N) is 2. The first-order valence-corrected chi connectivity index (χ1v) is 11.4. The molecule has 1 N–H and O–H groups in total. The number of hydrogen-bond donors (Lipinski definition) is 1. The second-order valence-electron chi connectivity index (χ2n) is 8.36. The zero-order valence-electron chi connectivity index (χ0n) is 19.2. The Labute approximate surface area is 194 Å². The van der Waals surface area contributed by atoms with Gasteiger partial charge in [-0.1, -0.05) is 6.92 Å². The number of benzene rings is 2. The van der Waals surface area contributed by atoms with Crippen LogP contribution in [-0.2, 0) is 9.53 Å². The van der Waals surface area contributed by atoms with Gasteiger partial charge in [0.15, 0.2) is 0 Å². The molecule has 2 aliphatic rings. The average molecular weight is 454 g/mol. The molecule has 1 unspecified atom stereocenters. The number of rotatable bonds is 8. The first-order chi connectivity index (χ1) is 16.0. The molecule has 0 spiro atoms. The summed E-state index contributed by atoms with van der Waals surface area (Å²) in [7, 11) is 1.62. The van der Waals surface area contributed by atoms with Crippen molar-refractivity contribution in [2.75, 3.05) is 43.5 Å². The fourth-order valence-corrected chi connectivity index (χ4v) is 4.15. The van der Waals surface area contributed by atoms with Gasteiger partial charge in [-0.05, 0) is 61.4 Å². The van der Waals surface area contributed by atoms with E-state index in [0.717, 1.165) is 55.3 Å². The van der Waals surface area contributed by atoms with Crippen molar-refractivity contribution >= 4 is 23.4 Å². The van der Waals surface area contributed by atoms with Gasteiger partial charge in [-0.2, -0.15) is 0 Å². The van der Waals surface area contributed by atoms with E-state index in [4.69, 9.17) is 14.2 Å². The first kappa shape index (κ1) is 22.9. The molecule has 8 heteroatoms. The first-order valence-electron chi connectivity index (χ1n) is 11.4. The van der Waals surface area contributed by atoms with Crippen LogP contribution in [0.1, 0.15) is 26.2 Å². The molecule has 0 aromatic heterocycles. The lowest BCUT2D eigenvalue weighted by Crippen LogP contribution is -2.42. The molecule has 176 valence electrons. The minimum absolute atomic E-state index is 0.00361. The summed E-state index contributed by atoms with van der Waals surface area (Å²) in [5, 5.41) is 2.84. The standard InChI is InChI=1S/C25H31N3O5/c1-3-24(29)26-18-4-8-21(9-5-18)32-22-12-14-27(15-13-22)16-23-17-28(25(30)33-23)19-6-10-20(31-2)11-7-19/h4-11,22-23H,3,12-17H2,1-2H3,(H,26,29). The maximum atomic E-state index is 12.3. The molecule has 0 aliphatic carbocycles. The van der Waals surface area contributed by atoms with Crippen molar-refractivity contribution in [1.82, 2.24) is 4.90 Å². The van der Waals surface area contributed by atoms with E-state index in [9.17, 15) is 9.59 Å². The van der Waals surface area contributed by atoms with Crippen LogP contribution < -0.4 is 19.7 Å². The fourth-order valence-electron chi connectivity index (χ4n) is 4.15. The predicted molar refractivity (Wildman–Crippen MR) is 126 cm³/mol. The summed E-state index contributed by atoms with van der Waals surface area (Å²) >= 11 is 0. The summed E-state index contributed by atoms with van der Waals surface area (Å²) in [4.78, 5) is 27.8. The maximum absolute atomic E-state index is 12.3. The second-order valence-corrected chi connectivity index (χ2v) is 8.36. The van der Waals surface area contributed by atoms with Gasteiger partial charge < -0.3 is 19.5 Å². The number of likely N-dealkylation sites (tertiary alicyclic amines) is 1. The minimum atomic E-state index is -0.304. The van der Waals surface area contributed by atoms with Gasteiger partial charge in [0.25, 0.3) is 0 Å². The van der Waals surface area contributed by atoms with Crippen LogP contribution in [0.25, 0.3) is 0 Å². The molecule has 0 saturated carbocycles. The molecule has 1 atom stereocenters. The van der Waals surface area contributed by atoms with Crippen molar-refractivity contribution in [2.24, 2.45) is 0 Å². The van der Waals surface area contributed by atoms with E-state index in [2.05, 4.69) is 10.2 Å². The Kier molecular flexibility index (Phi) is 7.34. The van der Waals surface area contributed by atoms with Crippen LogP contribution >= 0.6 is 0 Å². The Hall–Kier alpha value is -3.26. The van der Waals surface area contributed by atoms with E-state index in [-0.39, 0.29) is 24.2 Å². The smallest absolute Gasteiger partial charge is 0.414 e. The Morgan fingerprint density at radius 1 is 1.06 bits per heavy atom. The van der Waals surface area contributed by atoms with Crippen molar-refractivity contribution in [2.45, 2.75) is 38.4 Å². The highest BCUT2D eigenvalue weighted by Gasteiger charge is 2.34. The van der Waals surface area contributed by atoms with Crippen molar-refractivity contribution in [1.29, 1.82) is 0 Å². The molecule has 2 amide bonds. The SMILES string of the molecule is CCC(=O)Nc1ccc(OC2CCN(CC3CN(c4ccc(OC)cc4)C(=O)O3)CC2)cc1. The lowest BCUT2D eigenvalue weighted by Gasteiger charge is -2.33. The normalized spacial score (nSPS) is 19.3. The number of amides is 2. The van der Waals surface area contributed by atoms with E-state index in [1.54, 1.807) is 12.0 Å². The highest BCUT2D eigenvalue weighted by atomic mass is 16.6. The zero-order chi connectivity index (χ0) is 23.2. The van der Waals surface area contributed by atoms with E-state index in [1.165, 1.54) is 0 Å². The zero-order valence-corrected chi connectivity index (χ0v) is 19.2. The van der Waals surface area contributed by atoms with E-state index >= 15 is 0 Å². The summed E-state index contributed by atoms with van der Waals surface area (Å²) in [6.45, 7) is 4.88. The number of hydrogen-bond acceptors (Lipinski definition) is 6. The maximum Gasteiger partial charge on any atom is 0.414 e. The lowest BCUT2D eigenvalue weighted by atomic mass is 10.1. The summed E-state index contributed by atoms with van der Waals surface area (Å²) in [6, 6.07) is 14.9. The molecule has 2 fully saturated rings. The van der Waals surface area contributed by atoms with Crippen molar-refractivity contribution in [3.8, 4) is 11.5 Å². The highest BCUT2D eigenvalue weighted by molar-refractivity contribution is 5.90. The third-order valence-corrected chi connectivity index (χ3v) is 6.02. The third-order valence-electron chi connectivity index (χ3n) is 6.02. The second kappa shape index (κ2) is 10.6. The lowest BCUT2D eigenvalue weighted by molar-refractivity contribution is -0.115. The summed E-state index contributed by atoms with van der Waals surface area (Å²) in [6.07, 6.45) is 1.98. The fraction of sp³-hybridized carbons (Fsp3) is 0.440. The van der Waals surface area contributed by atoms with Gasteiger partial charge in [-0.15, -0.1) is 0 Å². The van der Waals surface area contributed by atoms with Gasteiger partial charge in [-0.25, -0.2) is 4.79 Å². The number of ether oxygens (including phenoxy) is 3. The van der Waals surface area contributed by atoms with Crippen LogP contribution in [0.3, 0.4) is 0 Å². The Bertz CT molecular complexity index is 940. The minimum Gasteiger partial charge on any atom is -0.497 e. The number of cyclic esters (lactones) is 1. The van der Waals surface area contributed by atoms with E-state index in [0.29, 0.717) is 13.0 Å². The van der Waals surface area contributed by atoms with Crippen LogP contribution in [0.4, 0.5) is 16.2 Å². The number of nitrogens with one attached hydrogen (secondary N) is 1. The third kappa shape index (κ3) is 5.96. The number of anilines is 2. The van der Waals surface area contributed by atoms with Gasteiger partial charge in [0.2, 0.25) is 5.91 Å². The predicted octanol–water partition coefficient (Wildman–Crippen LogP) is 3.91. The van der Waals surface area contributed by atoms with Gasteiger partial charge >= 0.3 is 6.09 Å². The van der Waals surface area contributed by atoms with Crippen molar-refractivity contribution in [3.05, 3.63) is 48.5 Å². The molecule has 33 heavy (non-hydrogen) atoms. The van der Waals surface area contributed by atoms with Crippen LogP contribution in [-0.4, -0.2) is 62.4 Å². The largest absolute Gasteiger partial charge is 0.497 e. The molecule has 2 aromatic carbocycles. The molecule has 8 nitrogen and oxygen atoms in total. The van der Waals surface area contributed by atoms with E-state index in [1.807, 2.05) is 55.5 Å². The molecule has 2 aromatic rings. The molecule has 4 rings (SSSR count). The molecular weight excluding hydrogens is 422 g/mol. The molecule has 2 saturated heterocycles. The number of methoxy groups -OCH3 is 1. The monoisotopic (exact) mass is 453 g/mol. The molecule has 0 radical (unpaired) electrons. The Morgan fingerprint density at radius 2 is 1.73 bits per heavy atom. The quantitative estimate of drug-likeness (QED) is 0.653. The molecule has 2 aliphatic heterocycles. The van der Waals surface area contributed by atoms with Crippen LogP contribution in [0.5, 0.6) is 11.5 Å². The Morgan fingerprint density at radius 3 is 2.36 bits per heavy atom. The van der Waals surface area contributed by atoms with Crippen LogP contribution in [0.15, 0.2) is 48.5 Å².